The van der Waals surface area contributed by atoms with Gasteiger partial charge in [0.05, 0.1) is 16.1 Å². The van der Waals surface area contributed by atoms with Crippen LogP contribution in [-0.2, 0) is 11.2 Å². The molecule has 0 aromatic heterocycles. The molecule has 1 aliphatic heterocycles. The molecule has 0 saturated carbocycles. The molecule has 1 unspecified atom stereocenters. The van der Waals surface area contributed by atoms with E-state index in [1.807, 2.05) is 12.1 Å². The second kappa shape index (κ2) is 5.73. The Kier molecular flexibility index (Phi) is 4.35. The molecule has 2 rings (SSSR count). The van der Waals surface area contributed by atoms with Crippen LogP contribution in [0.5, 0.6) is 0 Å². The first-order valence-electron chi connectivity index (χ1n) is 7.36. The zero-order valence-corrected chi connectivity index (χ0v) is 13.2. The van der Waals surface area contributed by atoms with Crippen molar-refractivity contribution in [1.82, 2.24) is 5.32 Å². The molecule has 5 heteroatoms. The Bertz CT molecular complexity index is 509. The summed E-state index contributed by atoms with van der Waals surface area (Å²) in [4.78, 5) is 10.2. The van der Waals surface area contributed by atoms with Crippen molar-refractivity contribution in [3.63, 3.8) is 0 Å². The number of hydrogen-bond acceptors (Lipinski definition) is 4. The SMILES string of the molecule is CC1(C)CC(NCCc2ccc([N+](=O)[O-])cc2)C(C)(C)O1. The first-order valence-corrected chi connectivity index (χ1v) is 7.36. The Morgan fingerprint density at radius 1 is 1.29 bits per heavy atom. The van der Waals surface area contributed by atoms with Crippen molar-refractivity contribution in [2.75, 3.05) is 6.54 Å². The van der Waals surface area contributed by atoms with E-state index in [4.69, 9.17) is 4.74 Å². The molecule has 1 saturated heterocycles. The molecule has 0 spiro atoms. The number of nitro benzene ring substituents is 1. The van der Waals surface area contributed by atoms with E-state index in [0.717, 1.165) is 24.9 Å². The molecule has 116 valence electrons. The van der Waals surface area contributed by atoms with Gasteiger partial charge >= 0.3 is 0 Å². The molecule has 1 aromatic rings. The minimum absolute atomic E-state index is 0.0888. The van der Waals surface area contributed by atoms with E-state index < -0.39 is 0 Å². The van der Waals surface area contributed by atoms with Gasteiger partial charge in [-0.1, -0.05) is 12.1 Å². The van der Waals surface area contributed by atoms with E-state index >= 15 is 0 Å². The number of nitrogens with one attached hydrogen (secondary N) is 1. The van der Waals surface area contributed by atoms with Crippen LogP contribution in [-0.4, -0.2) is 28.7 Å². The van der Waals surface area contributed by atoms with E-state index in [1.165, 1.54) is 0 Å². The fraction of sp³-hybridized carbons (Fsp3) is 0.625. The number of nitro groups is 1. The number of nitrogens with zero attached hydrogens (tertiary/aromatic N) is 1. The predicted molar refractivity (Wildman–Crippen MR) is 82.5 cm³/mol. The molecular formula is C16H24N2O3. The highest BCUT2D eigenvalue weighted by molar-refractivity contribution is 5.32. The molecule has 1 heterocycles. The second-order valence-electron chi connectivity index (χ2n) is 6.85. The van der Waals surface area contributed by atoms with Crippen molar-refractivity contribution in [3.05, 3.63) is 39.9 Å². The molecule has 1 aromatic carbocycles. The van der Waals surface area contributed by atoms with Crippen molar-refractivity contribution in [1.29, 1.82) is 0 Å². The monoisotopic (exact) mass is 292 g/mol. The Balaban J connectivity index is 1.86. The Morgan fingerprint density at radius 2 is 1.90 bits per heavy atom. The highest BCUT2D eigenvalue weighted by Crippen LogP contribution is 2.37. The van der Waals surface area contributed by atoms with Gasteiger partial charge in [0.25, 0.3) is 5.69 Å². The molecule has 0 amide bonds. The van der Waals surface area contributed by atoms with Gasteiger partial charge < -0.3 is 10.1 Å². The predicted octanol–water partition coefficient (Wildman–Crippen LogP) is 3.07. The number of rotatable bonds is 5. The summed E-state index contributed by atoms with van der Waals surface area (Å²) >= 11 is 0. The van der Waals surface area contributed by atoms with E-state index in [0.29, 0.717) is 6.04 Å². The van der Waals surface area contributed by atoms with Crippen molar-refractivity contribution >= 4 is 5.69 Å². The molecule has 1 N–H and O–H groups in total. The molecule has 0 radical (unpaired) electrons. The van der Waals surface area contributed by atoms with Gasteiger partial charge in [0.15, 0.2) is 0 Å². The first kappa shape index (κ1) is 15.9. The van der Waals surface area contributed by atoms with Gasteiger partial charge in [-0.05, 0) is 52.6 Å². The summed E-state index contributed by atoms with van der Waals surface area (Å²) in [6.45, 7) is 9.31. The molecule has 0 aliphatic carbocycles. The van der Waals surface area contributed by atoms with Gasteiger partial charge in [0, 0.05) is 18.2 Å². The molecule has 1 atom stereocenters. The summed E-state index contributed by atoms with van der Waals surface area (Å²) in [5.74, 6) is 0. The first-order chi connectivity index (χ1) is 9.70. The molecule has 1 fully saturated rings. The molecule has 1 aliphatic rings. The van der Waals surface area contributed by atoms with Gasteiger partial charge in [0.1, 0.15) is 0 Å². The van der Waals surface area contributed by atoms with Gasteiger partial charge in [0.2, 0.25) is 0 Å². The van der Waals surface area contributed by atoms with Crippen LogP contribution >= 0.6 is 0 Å². The van der Waals surface area contributed by atoms with Crippen molar-refractivity contribution in [2.24, 2.45) is 0 Å². The largest absolute Gasteiger partial charge is 0.368 e. The quantitative estimate of drug-likeness (QED) is 0.669. The van der Waals surface area contributed by atoms with Crippen LogP contribution in [0.15, 0.2) is 24.3 Å². The van der Waals surface area contributed by atoms with Gasteiger partial charge in [-0.25, -0.2) is 0 Å². The third-order valence-corrected chi connectivity index (χ3v) is 4.03. The number of non-ortho nitro benzene ring substituents is 1. The normalized spacial score (nSPS) is 23.1. The topological polar surface area (TPSA) is 64.4 Å². The van der Waals surface area contributed by atoms with Crippen molar-refractivity contribution < 1.29 is 9.66 Å². The van der Waals surface area contributed by atoms with Crippen LogP contribution in [0.2, 0.25) is 0 Å². The standard InChI is InChI=1S/C16H24N2O3/c1-15(2)11-14(16(3,4)21-15)17-10-9-12-5-7-13(8-6-12)18(19)20/h5-8,14,17H,9-11H2,1-4H3. The van der Waals surface area contributed by atoms with Crippen LogP contribution in [0, 0.1) is 10.1 Å². The zero-order chi connectivity index (χ0) is 15.7. The third kappa shape index (κ3) is 4.02. The average molecular weight is 292 g/mol. The maximum Gasteiger partial charge on any atom is 0.269 e. The highest BCUT2D eigenvalue weighted by atomic mass is 16.6. The van der Waals surface area contributed by atoms with E-state index in [-0.39, 0.29) is 21.8 Å². The Hall–Kier alpha value is -1.46. The third-order valence-electron chi connectivity index (χ3n) is 4.03. The molecule has 21 heavy (non-hydrogen) atoms. The average Bonchev–Trinajstić information content (AvgIpc) is 2.57. The summed E-state index contributed by atoms with van der Waals surface area (Å²) in [5, 5.41) is 14.2. The lowest BCUT2D eigenvalue weighted by molar-refractivity contribution is -0.384. The number of hydrogen-bond donors (Lipinski definition) is 1. The Labute approximate surface area is 125 Å². The van der Waals surface area contributed by atoms with Crippen LogP contribution in [0.4, 0.5) is 5.69 Å². The summed E-state index contributed by atoms with van der Waals surface area (Å²) in [6, 6.07) is 7.08. The van der Waals surface area contributed by atoms with Crippen LogP contribution in [0.3, 0.4) is 0 Å². The van der Waals surface area contributed by atoms with Crippen molar-refractivity contribution in [2.45, 2.75) is 57.8 Å². The van der Waals surface area contributed by atoms with Gasteiger partial charge in [-0.3, -0.25) is 10.1 Å². The second-order valence-corrected chi connectivity index (χ2v) is 6.85. The molecule has 0 bridgehead atoms. The fourth-order valence-electron chi connectivity index (χ4n) is 3.06. The van der Waals surface area contributed by atoms with E-state index in [2.05, 4.69) is 33.0 Å². The summed E-state index contributed by atoms with van der Waals surface area (Å²) in [5.41, 5.74) is 0.982. The lowest BCUT2D eigenvalue weighted by atomic mass is 9.94. The highest BCUT2D eigenvalue weighted by Gasteiger charge is 2.45. The summed E-state index contributed by atoms with van der Waals surface area (Å²) < 4.78 is 6.06. The Morgan fingerprint density at radius 3 is 2.38 bits per heavy atom. The smallest absolute Gasteiger partial charge is 0.269 e. The van der Waals surface area contributed by atoms with Gasteiger partial charge in [-0.15, -0.1) is 0 Å². The lowest BCUT2D eigenvalue weighted by Crippen LogP contribution is -2.44. The minimum atomic E-state index is -0.373. The zero-order valence-electron chi connectivity index (χ0n) is 13.2. The summed E-state index contributed by atoms with van der Waals surface area (Å²) in [7, 11) is 0. The van der Waals surface area contributed by atoms with Crippen LogP contribution in [0.25, 0.3) is 0 Å². The molecular weight excluding hydrogens is 268 g/mol. The number of ether oxygens (including phenoxy) is 1. The lowest BCUT2D eigenvalue weighted by Gasteiger charge is -2.27. The fourth-order valence-corrected chi connectivity index (χ4v) is 3.06. The maximum absolute atomic E-state index is 10.6. The van der Waals surface area contributed by atoms with Crippen molar-refractivity contribution in [3.8, 4) is 0 Å². The maximum atomic E-state index is 10.6. The minimum Gasteiger partial charge on any atom is -0.368 e. The number of benzene rings is 1. The van der Waals surface area contributed by atoms with Gasteiger partial charge in [-0.2, -0.15) is 0 Å². The molecule has 5 nitrogen and oxygen atoms in total. The van der Waals surface area contributed by atoms with E-state index in [9.17, 15) is 10.1 Å². The van der Waals surface area contributed by atoms with E-state index in [1.54, 1.807) is 12.1 Å². The van der Waals surface area contributed by atoms with Crippen LogP contribution < -0.4 is 5.32 Å². The van der Waals surface area contributed by atoms with Crippen LogP contribution in [0.1, 0.15) is 39.7 Å². The summed E-state index contributed by atoms with van der Waals surface area (Å²) in [6.07, 6.45) is 1.84.